The highest BCUT2D eigenvalue weighted by Gasteiger charge is 2.43. The molecule has 0 saturated heterocycles. The van der Waals surface area contributed by atoms with E-state index in [2.05, 4.69) is 107 Å². The van der Waals surface area contributed by atoms with Crippen molar-refractivity contribution in [1.82, 2.24) is 4.98 Å². The number of pyridine rings is 1. The molecule has 1 heterocycles. The quantitative estimate of drug-likeness (QED) is 0.108. The molecule has 8 aromatic carbocycles. The van der Waals surface area contributed by atoms with Crippen LogP contribution in [0.1, 0.15) is 0 Å². The molecule has 0 bridgehead atoms. The average molecular weight is 796 g/mol. The summed E-state index contributed by atoms with van der Waals surface area (Å²) in [6, 6.07) is 83.5. The number of benzene rings is 8. The molecule has 0 radical (unpaired) electrons. The predicted octanol–water partition coefficient (Wildman–Crippen LogP) is 14.5. The van der Waals surface area contributed by atoms with E-state index in [1.54, 1.807) is 6.20 Å². The van der Waals surface area contributed by atoms with Crippen LogP contribution in [-0.2, 0) is 4.57 Å². The van der Waals surface area contributed by atoms with Gasteiger partial charge in [0.15, 0.2) is 0 Å². The minimum atomic E-state index is -3.96. The van der Waals surface area contributed by atoms with Gasteiger partial charge in [0.1, 0.15) is 5.44 Å². The summed E-state index contributed by atoms with van der Waals surface area (Å²) in [5, 5.41) is 0. The standard InChI is InChI=1S/C53H42N5OP/c59-60(53-33-19-20-42-54-53,57(49-29-15-5-16-30-49)51-38-34-47(35-39-51)55(43-21-7-1-8-22-43)44-23-9-2-10-24-44)58(50-31-17-6-18-32-50)52-40-36-48(37-41-52)56(45-25-11-3-12-26-45)46-27-13-4-14-28-46/h1-42H. The number of aromatic nitrogens is 1. The van der Waals surface area contributed by atoms with E-state index >= 15 is 4.57 Å². The van der Waals surface area contributed by atoms with Gasteiger partial charge in [0, 0.05) is 63.1 Å². The first-order valence-corrected chi connectivity index (χ1v) is 21.5. The average Bonchev–Trinajstić information content (AvgIpc) is 3.33. The van der Waals surface area contributed by atoms with Crippen LogP contribution >= 0.6 is 7.44 Å². The molecule has 0 fully saturated rings. The second-order valence-corrected chi connectivity index (χ2v) is 16.4. The zero-order valence-corrected chi connectivity index (χ0v) is 33.7. The minimum absolute atomic E-state index is 0.441. The molecule has 0 aliphatic carbocycles. The fourth-order valence-corrected chi connectivity index (χ4v) is 10.4. The smallest absolute Gasteiger partial charge is 0.311 e. The van der Waals surface area contributed by atoms with Crippen molar-refractivity contribution in [3.05, 3.63) is 255 Å². The Morgan fingerprint density at radius 3 is 0.783 bits per heavy atom. The van der Waals surface area contributed by atoms with Crippen molar-refractivity contribution >= 4 is 69.8 Å². The van der Waals surface area contributed by atoms with Crippen molar-refractivity contribution in [1.29, 1.82) is 0 Å². The van der Waals surface area contributed by atoms with E-state index in [0.717, 1.165) is 56.9 Å². The Labute approximate surface area is 352 Å². The van der Waals surface area contributed by atoms with Crippen molar-refractivity contribution < 1.29 is 4.57 Å². The van der Waals surface area contributed by atoms with Crippen LogP contribution in [0.4, 0.5) is 56.9 Å². The fraction of sp³-hybridized carbons (Fsp3) is 0. The number of nitrogens with zero attached hydrogens (tertiary/aromatic N) is 5. The first-order valence-electron chi connectivity index (χ1n) is 19.9. The van der Waals surface area contributed by atoms with Gasteiger partial charge in [-0.2, -0.15) is 0 Å². The summed E-state index contributed by atoms with van der Waals surface area (Å²) < 4.78 is 21.0. The molecule has 1 aromatic heterocycles. The molecule has 290 valence electrons. The number of para-hydroxylation sites is 6. The molecule has 0 amide bonds. The molecule has 0 aliphatic rings. The SMILES string of the molecule is O=P(c1ccccn1)(N(c1ccccc1)c1ccc(N(c2ccccc2)c2ccccc2)cc1)N(c1ccccc1)c1ccc(N(c2ccccc2)c2ccccc2)cc1. The fourth-order valence-electron chi connectivity index (χ4n) is 7.57. The molecule has 0 spiro atoms. The van der Waals surface area contributed by atoms with Crippen molar-refractivity contribution in [2.75, 3.05) is 19.1 Å². The van der Waals surface area contributed by atoms with E-state index in [-0.39, 0.29) is 0 Å². The van der Waals surface area contributed by atoms with Gasteiger partial charge in [-0.3, -0.25) is 13.9 Å². The van der Waals surface area contributed by atoms with E-state index in [9.17, 15) is 0 Å². The van der Waals surface area contributed by atoms with Gasteiger partial charge in [0.2, 0.25) is 0 Å². The van der Waals surface area contributed by atoms with Crippen LogP contribution in [0.5, 0.6) is 0 Å². The molecule has 60 heavy (non-hydrogen) atoms. The second kappa shape index (κ2) is 17.5. The minimum Gasteiger partial charge on any atom is -0.311 e. The van der Waals surface area contributed by atoms with Gasteiger partial charge < -0.3 is 9.80 Å². The third kappa shape index (κ3) is 7.68. The highest BCUT2D eigenvalue weighted by atomic mass is 31.2. The molecule has 9 aromatic rings. The van der Waals surface area contributed by atoms with Gasteiger partial charge in [0.25, 0.3) is 0 Å². The lowest BCUT2D eigenvalue weighted by Gasteiger charge is -2.41. The number of anilines is 10. The third-order valence-electron chi connectivity index (χ3n) is 10.3. The Hall–Kier alpha value is -7.66. The molecule has 0 aliphatic heterocycles. The van der Waals surface area contributed by atoms with Crippen LogP contribution in [0, 0.1) is 0 Å². The van der Waals surface area contributed by atoms with Crippen LogP contribution in [-0.4, -0.2) is 4.98 Å². The Morgan fingerprint density at radius 2 is 0.500 bits per heavy atom. The first kappa shape index (κ1) is 37.9. The van der Waals surface area contributed by atoms with Crippen molar-refractivity contribution in [3.8, 4) is 0 Å². The lowest BCUT2D eigenvalue weighted by atomic mass is 10.2. The predicted molar refractivity (Wildman–Crippen MR) is 251 cm³/mol. The summed E-state index contributed by atoms with van der Waals surface area (Å²) in [4.78, 5) is 9.33. The third-order valence-corrected chi connectivity index (χ3v) is 13.1. The zero-order valence-electron chi connectivity index (χ0n) is 32.8. The maximum atomic E-state index is 17.1. The lowest BCUT2D eigenvalue weighted by molar-refractivity contribution is 0.580. The van der Waals surface area contributed by atoms with Gasteiger partial charge in [-0.15, -0.1) is 0 Å². The topological polar surface area (TPSA) is 42.9 Å². The highest BCUT2D eigenvalue weighted by Crippen LogP contribution is 2.62. The molecule has 0 unspecified atom stereocenters. The van der Waals surface area contributed by atoms with Crippen LogP contribution < -0.4 is 24.6 Å². The van der Waals surface area contributed by atoms with Crippen LogP contribution in [0.2, 0.25) is 0 Å². The van der Waals surface area contributed by atoms with Gasteiger partial charge in [-0.1, -0.05) is 115 Å². The Balaban J connectivity index is 1.22. The molecule has 9 rings (SSSR count). The van der Waals surface area contributed by atoms with Gasteiger partial charge in [-0.05, 0) is 133 Å². The van der Waals surface area contributed by atoms with Gasteiger partial charge in [-0.25, -0.2) is 4.98 Å². The van der Waals surface area contributed by atoms with Crippen LogP contribution in [0.3, 0.4) is 0 Å². The summed E-state index contributed by atoms with van der Waals surface area (Å²) in [5.41, 5.74) is 9.53. The summed E-state index contributed by atoms with van der Waals surface area (Å²) >= 11 is 0. The number of hydrogen-bond donors (Lipinski definition) is 0. The Bertz CT molecular complexity index is 2510. The number of rotatable bonds is 13. The van der Waals surface area contributed by atoms with E-state index in [4.69, 9.17) is 4.98 Å². The number of hydrogen-bond acceptors (Lipinski definition) is 4. The summed E-state index contributed by atoms with van der Waals surface area (Å²) in [7, 11) is -3.96. The molecule has 7 heteroatoms. The maximum absolute atomic E-state index is 17.1. The summed E-state index contributed by atoms with van der Waals surface area (Å²) in [5.74, 6) is 0. The molecular formula is C53H42N5OP. The monoisotopic (exact) mass is 795 g/mol. The van der Waals surface area contributed by atoms with Crippen LogP contribution in [0.25, 0.3) is 0 Å². The Morgan fingerprint density at radius 1 is 0.267 bits per heavy atom. The van der Waals surface area contributed by atoms with Gasteiger partial charge in [0.05, 0.1) is 0 Å². The summed E-state index contributed by atoms with van der Waals surface area (Å²) in [6.45, 7) is 0. The van der Waals surface area contributed by atoms with Gasteiger partial charge >= 0.3 is 7.44 Å². The van der Waals surface area contributed by atoms with E-state index in [0.29, 0.717) is 5.44 Å². The van der Waals surface area contributed by atoms with Crippen molar-refractivity contribution in [2.45, 2.75) is 0 Å². The van der Waals surface area contributed by atoms with E-state index < -0.39 is 7.44 Å². The normalized spacial score (nSPS) is 11.1. The molecule has 0 atom stereocenters. The van der Waals surface area contributed by atoms with Crippen LogP contribution in [0.15, 0.2) is 255 Å². The van der Waals surface area contributed by atoms with E-state index in [1.807, 2.05) is 161 Å². The Kier molecular flexibility index (Phi) is 11.0. The lowest BCUT2D eigenvalue weighted by Crippen LogP contribution is -2.34. The molecule has 6 nitrogen and oxygen atoms in total. The first-order chi connectivity index (χ1) is 29.7. The molecule has 0 saturated carbocycles. The molecular weight excluding hydrogens is 754 g/mol. The molecule has 0 N–H and O–H groups in total. The van der Waals surface area contributed by atoms with Crippen molar-refractivity contribution in [3.63, 3.8) is 0 Å². The van der Waals surface area contributed by atoms with E-state index in [1.165, 1.54) is 0 Å². The second-order valence-electron chi connectivity index (χ2n) is 14.1. The summed E-state index contributed by atoms with van der Waals surface area (Å²) in [6.07, 6.45) is 1.72. The zero-order chi connectivity index (χ0) is 40.6. The van der Waals surface area contributed by atoms with Crippen molar-refractivity contribution in [2.24, 2.45) is 0 Å². The maximum Gasteiger partial charge on any atom is 0.319 e. The largest absolute Gasteiger partial charge is 0.319 e. The highest BCUT2D eigenvalue weighted by molar-refractivity contribution is 7.75.